The standard InChI is InChI=1S/C20H33N3O3/c1-14-17(13-21-23(14)20(2,3)4)19(26)22-16(10-11-18(24)25)12-15-8-6-5-7-9-15/h13,15-16H,5-12H2,1-4H3,(H,22,26)(H,24,25). The average molecular weight is 364 g/mol. The maximum Gasteiger partial charge on any atom is 0.303 e. The second-order valence-electron chi connectivity index (χ2n) is 8.57. The molecular formula is C20H33N3O3. The molecule has 1 saturated carbocycles. The lowest BCUT2D eigenvalue weighted by Crippen LogP contribution is -2.37. The third-order valence-electron chi connectivity index (χ3n) is 5.27. The van der Waals surface area contributed by atoms with Crippen LogP contribution in [0.3, 0.4) is 0 Å². The second kappa shape index (κ2) is 8.69. The summed E-state index contributed by atoms with van der Waals surface area (Å²) >= 11 is 0. The van der Waals surface area contributed by atoms with Crippen molar-refractivity contribution in [3.05, 3.63) is 17.5 Å². The number of hydrogen-bond donors (Lipinski definition) is 2. The number of carbonyl (C=O) groups is 2. The van der Waals surface area contributed by atoms with Crippen LogP contribution in [-0.4, -0.2) is 32.8 Å². The van der Waals surface area contributed by atoms with Crippen molar-refractivity contribution >= 4 is 11.9 Å². The molecule has 1 unspecified atom stereocenters. The maximum absolute atomic E-state index is 12.8. The highest BCUT2D eigenvalue weighted by Crippen LogP contribution is 2.28. The number of hydrogen-bond acceptors (Lipinski definition) is 3. The summed E-state index contributed by atoms with van der Waals surface area (Å²) in [6, 6.07) is -0.0981. The summed E-state index contributed by atoms with van der Waals surface area (Å²) in [5.41, 5.74) is 1.22. The molecule has 0 aliphatic heterocycles. The van der Waals surface area contributed by atoms with Crippen molar-refractivity contribution in [2.75, 3.05) is 0 Å². The Labute approximate surface area is 156 Å². The van der Waals surface area contributed by atoms with Gasteiger partial charge in [0.05, 0.1) is 17.3 Å². The van der Waals surface area contributed by atoms with E-state index in [1.165, 1.54) is 32.1 Å². The summed E-state index contributed by atoms with van der Waals surface area (Å²) in [6.07, 6.45) is 9.16. The zero-order valence-electron chi connectivity index (χ0n) is 16.5. The average Bonchev–Trinajstić information content (AvgIpc) is 2.95. The van der Waals surface area contributed by atoms with Crippen molar-refractivity contribution in [3.63, 3.8) is 0 Å². The Morgan fingerprint density at radius 2 is 1.96 bits per heavy atom. The Morgan fingerprint density at radius 1 is 1.31 bits per heavy atom. The van der Waals surface area contributed by atoms with E-state index in [2.05, 4.69) is 10.4 Å². The molecule has 0 aromatic carbocycles. The van der Waals surface area contributed by atoms with E-state index in [1.54, 1.807) is 6.20 Å². The molecule has 6 nitrogen and oxygen atoms in total. The Morgan fingerprint density at radius 3 is 2.50 bits per heavy atom. The van der Waals surface area contributed by atoms with E-state index in [9.17, 15) is 9.59 Å². The molecule has 146 valence electrons. The molecule has 1 fully saturated rings. The highest BCUT2D eigenvalue weighted by Gasteiger charge is 2.25. The van der Waals surface area contributed by atoms with Crippen molar-refractivity contribution in [3.8, 4) is 0 Å². The van der Waals surface area contributed by atoms with Crippen LogP contribution in [0.5, 0.6) is 0 Å². The molecule has 1 aliphatic rings. The van der Waals surface area contributed by atoms with Crippen LogP contribution in [0.25, 0.3) is 0 Å². The molecule has 0 radical (unpaired) electrons. The molecule has 1 aromatic heterocycles. The lowest BCUT2D eigenvalue weighted by Gasteiger charge is -2.27. The monoisotopic (exact) mass is 363 g/mol. The molecule has 2 rings (SSSR count). The Balaban J connectivity index is 2.07. The van der Waals surface area contributed by atoms with E-state index in [-0.39, 0.29) is 23.9 Å². The van der Waals surface area contributed by atoms with Crippen molar-refractivity contribution in [1.29, 1.82) is 0 Å². The normalized spacial score (nSPS) is 17.1. The minimum Gasteiger partial charge on any atom is -0.481 e. The van der Waals surface area contributed by atoms with Gasteiger partial charge in [0.25, 0.3) is 5.91 Å². The highest BCUT2D eigenvalue weighted by molar-refractivity contribution is 5.95. The molecule has 0 bridgehead atoms. The van der Waals surface area contributed by atoms with E-state index < -0.39 is 5.97 Å². The summed E-state index contributed by atoms with van der Waals surface area (Å²) in [4.78, 5) is 23.8. The molecular weight excluding hydrogens is 330 g/mol. The van der Waals surface area contributed by atoms with Gasteiger partial charge in [-0.05, 0) is 46.5 Å². The molecule has 0 saturated heterocycles. The Bertz CT molecular complexity index is 625. The van der Waals surface area contributed by atoms with Gasteiger partial charge in [0.1, 0.15) is 0 Å². The van der Waals surface area contributed by atoms with Crippen molar-refractivity contribution in [2.45, 2.75) is 90.6 Å². The van der Waals surface area contributed by atoms with Crippen molar-refractivity contribution in [1.82, 2.24) is 15.1 Å². The van der Waals surface area contributed by atoms with Gasteiger partial charge in [-0.2, -0.15) is 5.10 Å². The second-order valence-corrected chi connectivity index (χ2v) is 8.57. The molecule has 1 aromatic rings. The first-order chi connectivity index (χ1) is 12.2. The predicted octanol–water partition coefficient (Wildman–Crippen LogP) is 3.88. The van der Waals surface area contributed by atoms with Crippen LogP contribution in [0.4, 0.5) is 0 Å². The number of carbonyl (C=O) groups excluding carboxylic acids is 1. The molecule has 1 atom stereocenters. The van der Waals surface area contributed by atoms with Crippen molar-refractivity contribution in [2.24, 2.45) is 5.92 Å². The lowest BCUT2D eigenvalue weighted by molar-refractivity contribution is -0.137. The fourth-order valence-corrected chi connectivity index (χ4v) is 3.94. The van der Waals surface area contributed by atoms with Crippen LogP contribution in [0, 0.1) is 12.8 Å². The number of carboxylic acids is 1. The van der Waals surface area contributed by atoms with Gasteiger partial charge in [-0.3, -0.25) is 14.3 Å². The number of carboxylic acid groups (broad SMARTS) is 1. The van der Waals surface area contributed by atoms with E-state index in [0.29, 0.717) is 17.9 Å². The maximum atomic E-state index is 12.8. The number of aromatic nitrogens is 2. The van der Waals surface area contributed by atoms with Gasteiger partial charge >= 0.3 is 5.97 Å². The molecule has 1 heterocycles. The van der Waals surface area contributed by atoms with Gasteiger partial charge in [-0.25, -0.2) is 0 Å². The van der Waals surface area contributed by atoms with Gasteiger partial charge in [0.2, 0.25) is 0 Å². The van der Waals surface area contributed by atoms with Crippen LogP contribution in [0.1, 0.15) is 88.2 Å². The zero-order valence-corrected chi connectivity index (χ0v) is 16.5. The van der Waals surface area contributed by atoms with Gasteiger partial charge < -0.3 is 10.4 Å². The summed E-state index contributed by atoms with van der Waals surface area (Å²) in [5, 5.41) is 16.5. The van der Waals surface area contributed by atoms with E-state index in [1.807, 2.05) is 32.4 Å². The molecule has 0 spiro atoms. The molecule has 1 amide bonds. The minimum absolute atomic E-state index is 0.0813. The quantitative estimate of drug-likeness (QED) is 0.770. The topological polar surface area (TPSA) is 84.2 Å². The third kappa shape index (κ3) is 5.58. The summed E-state index contributed by atoms with van der Waals surface area (Å²) in [7, 11) is 0. The first kappa shape index (κ1) is 20.5. The summed E-state index contributed by atoms with van der Waals surface area (Å²) < 4.78 is 1.86. The highest BCUT2D eigenvalue weighted by atomic mass is 16.4. The van der Waals surface area contributed by atoms with Crippen LogP contribution >= 0.6 is 0 Å². The number of aliphatic carboxylic acids is 1. The van der Waals surface area contributed by atoms with Crippen molar-refractivity contribution < 1.29 is 14.7 Å². The SMILES string of the molecule is Cc1c(C(=O)NC(CCC(=O)O)CC2CCCCC2)cnn1C(C)(C)C. The predicted molar refractivity (Wildman–Crippen MR) is 101 cm³/mol. The number of rotatable bonds is 7. The first-order valence-corrected chi connectivity index (χ1v) is 9.76. The third-order valence-corrected chi connectivity index (χ3v) is 5.27. The molecule has 1 aliphatic carbocycles. The van der Waals surface area contributed by atoms with E-state index in [4.69, 9.17) is 5.11 Å². The Kier molecular flexibility index (Phi) is 6.84. The number of nitrogens with one attached hydrogen (secondary N) is 1. The van der Waals surface area contributed by atoms with Crippen LogP contribution < -0.4 is 5.32 Å². The van der Waals surface area contributed by atoms with Gasteiger partial charge in [-0.15, -0.1) is 0 Å². The fraction of sp³-hybridized carbons (Fsp3) is 0.750. The van der Waals surface area contributed by atoms with Crippen LogP contribution in [0.15, 0.2) is 6.20 Å². The molecule has 6 heteroatoms. The molecule has 2 N–H and O–H groups in total. The molecule has 26 heavy (non-hydrogen) atoms. The number of amides is 1. The summed E-state index contributed by atoms with van der Waals surface area (Å²) in [5.74, 6) is -0.380. The van der Waals surface area contributed by atoms with Crippen LogP contribution in [-0.2, 0) is 10.3 Å². The van der Waals surface area contributed by atoms with Crippen LogP contribution in [0.2, 0.25) is 0 Å². The number of nitrogens with zero attached hydrogens (tertiary/aromatic N) is 2. The first-order valence-electron chi connectivity index (χ1n) is 9.76. The summed E-state index contributed by atoms with van der Waals surface area (Å²) in [6.45, 7) is 8.05. The minimum atomic E-state index is -0.815. The van der Waals surface area contributed by atoms with E-state index >= 15 is 0 Å². The lowest BCUT2D eigenvalue weighted by atomic mass is 9.84. The Hall–Kier alpha value is -1.85. The zero-order chi connectivity index (χ0) is 19.3. The van der Waals surface area contributed by atoms with Gasteiger partial charge in [0.15, 0.2) is 0 Å². The van der Waals surface area contributed by atoms with E-state index in [0.717, 1.165) is 12.1 Å². The van der Waals surface area contributed by atoms with Gasteiger partial charge in [-0.1, -0.05) is 32.1 Å². The largest absolute Gasteiger partial charge is 0.481 e. The smallest absolute Gasteiger partial charge is 0.303 e. The van der Waals surface area contributed by atoms with Gasteiger partial charge in [0, 0.05) is 18.2 Å². The fourth-order valence-electron chi connectivity index (χ4n) is 3.94.